The molecule has 0 radical (unpaired) electrons. The first-order valence-corrected chi connectivity index (χ1v) is 9.20. The second-order valence-corrected chi connectivity index (χ2v) is 6.73. The number of nitrogens with zero attached hydrogens (tertiary/aromatic N) is 1. The van der Waals surface area contributed by atoms with Crippen molar-refractivity contribution in [1.29, 1.82) is 0 Å². The van der Waals surface area contributed by atoms with Gasteiger partial charge in [-0.15, -0.1) is 0 Å². The number of benzene rings is 2. The van der Waals surface area contributed by atoms with E-state index < -0.39 is 5.97 Å². The van der Waals surface area contributed by atoms with Gasteiger partial charge >= 0.3 is 5.97 Å². The standard InChI is InChI=1S/C22H23NO5/c1-27-19-11-4-3-10-18(19)20(24)17-9-6-12-23(14-17)21(25)15-7-5-8-16(13-15)22(26)28-2/h3-5,7-8,10-11,13,17H,6,9,12,14H2,1-2H3/t17-/m0/s1. The third-order valence-corrected chi connectivity index (χ3v) is 4.98. The molecule has 6 heteroatoms. The number of esters is 1. The number of piperidine rings is 1. The fourth-order valence-electron chi connectivity index (χ4n) is 3.52. The van der Waals surface area contributed by atoms with Crippen LogP contribution in [0.15, 0.2) is 48.5 Å². The molecule has 1 aliphatic heterocycles. The van der Waals surface area contributed by atoms with Gasteiger partial charge in [-0.2, -0.15) is 0 Å². The zero-order valence-corrected chi connectivity index (χ0v) is 16.0. The highest BCUT2D eigenvalue weighted by Gasteiger charge is 2.30. The van der Waals surface area contributed by atoms with E-state index in [1.165, 1.54) is 20.3 Å². The largest absolute Gasteiger partial charge is 0.496 e. The molecule has 0 bridgehead atoms. The normalized spacial score (nSPS) is 16.4. The van der Waals surface area contributed by atoms with E-state index in [0.29, 0.717) is 35.5 Å². The predicted molar refractivity (Wildman–Crippen MR) is 104 cm³/mol. The van der Waals surface area contributed by atoms with Crippen molar-refractivity contribution in [3.63, 3.8) is 0 Å². The molecule has 0 unspecified atom stereocenters. The minimum absolute atomic E-state index is 0.0155. The monoisotopic (exact) mass is 381 g/mol. The molecular formula is C22H23NO5. The number of likely N-dealkylation sites (tertiary alicyclic amines) is 1. The van der Waals surface area contributed by atoms with E-state index in [-0.39, 0.29) is 17.6 Å². The lowest BCUT2D eigenvalue weighted by molar-refractivity contribution is 0.0600. The van der Waals surface area contributed by atoms with E-state index in [1.807, 2.05) is 6.07 Å². The van der Waals surface area contributed by atoms with Crippen LogP contribution in [0.3, 0.4) is 0 Å². The Morgan fingerprint density at radius 1 is 1.00 bits per heavy atom. The first kappa shape index (κ1) is 19.6. The smallest absolute Gasteiger partial charge is 0.337 e. The zero-order chi connectivity index (χ0) is 20.1. The lowest BCUT2D eigenvalue weighted by Crippen LogP contribution is -2.42. The number of hydrogen-bond acceptors (Lipinski definition) is 5. The van der Waals surface area contributed by atoms with Gasteiger partial charge in [-0.3, -0.25) is 9.59 Å². The number of methoxy groups -OCH3 is 2. The van der Waals surface area contributed by atoms with Gasteiger partial charge in [0, 0.05) is 24.6 Å². The minimum atomic E-state index is -0.488. The van der Waals surface area contributed by atoms with Crippen LogP contribution in [0.25, 0.3) is 0 Å². The Morgan fingerprint density at radius 2 is 1.75 bits per heavy atom. The van der Waals surface area contributed by atoms with Crippen LogP contribution in [0.1, 0.15) is 43.9 Å². The second kappa shape index (κ2) is 8.69. The second-order valence-electron chi connectivity index (χ2n) is 6.73. The molecule has 0 aliphatic carbocycles. The number of rotatable bonds is 5. The molecule has 1 fully saturated rings. The molecule has 2 aromatic rings. The Morgan fingerprint density at radius 3 is 2.50 bits per heavy atom. The Labute approximate surface area is 164 Å². The molecule has 0 N–H and O–H groups in total. The maximum Gasteiger partial charge on any atom is 0.337 e. The van der Waals surface area contributed by atoms with Gasteiger partial charge in [0.25, 0.3) is 5.91 Å². The van der Waals surface area contributed by atoms with E-state index >= 15 is 0 Å². The third kappa shape index (κ3) is 4.06. The van der Waals surface area contributed by atoms with E-state index in [4.69, 9.17) is 9.47 Å². The van der Waals surface area contributed by atoms with Crippen LogP contribution >= 0.6 is 0 Å². The van der Waals surface area contributed by atoms with Crippen molar-refractivity contribution in [2.45, 2.75) is 12.8 Å². The molecule has 1 aliphatic rings. The molecule has 0 saturated carbocycles. The highest BCUT2D eigenvalue weighted by Crippen LogP contribution is 2.27. The molecule has 0 aromatic heterocycles. The van der Waals surface area contributed by atoms with Crippen molar-refractivity contribution in [2.24, 2.45) is 5.92 Å². The van der Waals surface area contributed by atoms with Crippen molar-refractivity contribution < 1.29 is 23.9 Å². The van der Waals surface area contributed by atoms with Crippen LogP contribution in [0.5, 0.6) is 5.75 Å². The molecule has 1 amide bonds. The van der Waals surface area contributed by atoms with Crippen LogP contribution in [0.4, 0.5) is 0 Å². The van der Waals surface area contributed by atoms with Gasteiger partial charge in [0.1, 0.15) is 5.75 Å². The summed E-state index contributed by atoms with van der Waals surface area (Å²) in [5.41, 5.74) is 1.28. The summed E-state index contributed by atoms with van der Waals surface area (Å²) in [7, 11) is 2.84. The first-order chi connectivity index (χ1) is 13.5. The van der Waals surface area contributed by atoms with Gasteiger partial charge in [-0.05, 0) is 43.2 Å². The minimum Gasteiger partial charge on any atom is -0.496 e. The van der Waals surface area contributed by atoms with Crippen LogP contribution in [0.2, 0.25) is 0 Å². The SMILES string of the molecule is COC(=O)c1cccc(C(=O)N2CCC[C@H](C(=O)c3ccccc3OC)C2)c1. The molecule has 1 saturated heterocycles. The van der Waals surface area contributed by atoms with Crippen molar-refractivity contribution in [3.8, 4) is 5.75 Å². The zero-order valence-electron chi connectivity index (χ0n) is 16.0. The maximum atomic E-state index is 13.0. The molecule has 3 rings (SSSR count). The van der Waals surface area contributed by atoms with Crippen molar-refractivity contribution in [2.75, 3.05) is 27.3 Å². The van der Waals surface area contributed by atoms with Gasteiger partial charge < -0.3 is 14.4 Å². The molecule has 1 atom stereocenters. The Hall–Kier alpha value is -3.15. The lowest BCUT2D eigenvalue weighted by Gasteiger charge is -2.32. The predicted octanol–water partition coefficient (Wildman–Crippen LogP) is 3.22. The summed E-state index contributed by atoms with van der Waals surface area (Å²) in [5.74, 6) is -0.432. The quantitative estimate of drug-likeness (QED) is 0.587. The average Bonchev–Trinajstić information content (AvgIpc) is 2.77. The number of ketones is 1. The van der Waals surface area contributed by atoms with E-state index in [1.54, 1.807) is 41.3 Å². The molecule has 2 aromatic carbocycles. The average molecular weight is 381 g/mol. The maximum absolute atomic E-state index is 13.0. The summed E-state index contributed by atoms with van der Waals surface area (Å²) in [5, 5.41) is 0. The molecule has 6 nitrogen and oxygen atoms in total. The van der Waals surface area contributed by atoms with Crippen LogP contribution in [0, 0.1) is 5.92 Å². The Kier molecular flexibility index (Phi) is 6.09. The molecule has 28 heavy (non-hydrogen) atoms. The fourth-order valence-corrected chi connectivity index (χ4v) is 3.52. The van der Waals surface area contributed by atoms with Gasteiger partial charge in [-0.1, -0.05) is 18.2 Å². The number of hydrogen-bond donors (Lipinski definition) is 0. The topological polar surface area (TPSA) is 72.9 Å². The van der Waals surface area contributed by atoms with Gasteiger partial charge in [-0.25, -0.2) is 4.79 Å². The van der Waals surface area contributed by atoms with E-state index in [0.717, 1.165) is 12.8 Å². The summed E-state index contributed by atoms with van der Waals surface area (Å²) in [6.07, 6.45) is 1.47. The number of ether oxygens (including phenoxy) is 2. The number of carbonyl (C=O) groups is 3. The molecule has 1 heterocycles. The Bertz CT molecular complexity index is 892. The van der Waals surface area contributed by atoms with E-state index in [2.05, 4.69) is 0 Å². The van der Waals surface area contributed by atoms with Crippen molar-refractivity contribution in [1.82, 2.24) is 4.90 Å². The number of para-hydroxylation sites is 1. The number of Topliss-reactive ketones (excluding diaryl/α,β-unsaturated/α-hetero) is 1. The van der Waals surface area contributed by atoms with Crippen molar-refractivity contribution >= 4 is 17.7 Å². The van der Waals surface area contributed by atoms with Gasteiger partial charge in [0.05, 0.1) is 25.3 Å². The van der Waals surface area contributed by atoms with Gasteiger partial charge in [0.2, 0.25) is 0 Å². The highest BCUT2D eigenvalue weighted by molar-refractivity contribution is 6.01. The first-order valence-electron chi connectivity index (χ1n) is 9.20. The third-order valence-electron chi connectivity index (χ3n) is 4.98. The summed E-state index contributed by atoms with van der Waals surface area (Å²) in [4.78, 5) is 39.3. The molecule has 0 spiro atoms. The molecule has 146 valence electrons. The summed E-state index contributed by atoms with van der Waals surface area (Å²) in [6, 6.07) is 13.6. The lowest BCUT2D eigenvalue weighted by atomic mass is 9.89. The summed E-state index contributed by atoms with van der Waals surface area (Å²) in [6.45, 7) is 0.926. The van der Waals surface area contributed by atoms with Crippen LogP contribution in [-0.4, -0.2) is 49.9 Å². The summed E-state index contributed by atoms with van der Waals surface area (Å²) < 4.78 is 10.0. The van der Waals surface area contributed by atoms with Crippen LogP contribution < -0.4 is 4.74 Å². The van der Waals surface area contributed by atoms with Crippen LogP contribution in [-0.2, 0) is 4.74 Å². The van der Waals surface area contributed by atoms with Gasteiger partial charge in [0.15, 0.2) is 5.78 Å². The Balaban J connectivity index is 1.77. The fraction of sp³-hybridized carbons (Fsp3) is 0.318. The van der Waals surface area contributed by atoms with E-state index in [9.17, 15) is 14.4 Å². The highest BCUT2D eigenvalue weighted by atomic mass is 16.5. The number of carbonyl (C=O) groups excluding carboxylic acids is 3. The molecular weight excluding hydrogens is 358 g/mol. The van der Waals surface area contributed by atoms with Crippen molar-refractivity contribution in [3.05, 3.63) is 65.2 Å². The number of amides is 1. The summed E-state index contributed by atoms with van der Waals surface area (Å²) >= 11 is 0.